The van der Waals surface area contributed by atoms with Crippen molar-refractivity contribution in [2.24, 2.45) is 0 Å². The fraction of sp³-hybridized carbons (Fsp3) is 0.211. The van der Waals surface area contributed by atoms with Crippen molar-refractivity contribution in [2.75, 3.05) is 11.9 Å². The third-order valence-corrected chi connectivity index (χ3v) is 3.61. The molecule has 0 unspecified atom stereocenters. The van der Waals surface area contributed by atoms with Gasteiger partial charge in [0.25, 0.3) is 11.9 Å². The average molecular weight is 362 g/mol. The van der Waals surface area contributed by atoms with Crippen molar-refractivity contribution < 1.29 is 9.53 Å². The van der Waals surface area contributed by atoms with Gasteiger partial charge in [-0.3, -0.25) is 4.79 Å². The normalized spacial score (nSPS) is 10.3. The van der Waals surface area contributed by atoms with E-state index in [1.807, 2.05) is 32.9 Å². The topological polar surface area (TPSA) is 106 Å². The monoisotopic (exact) mass is 362 g/mol. The van der Waals surface area contributed by atoms with E-state index in [-0.39, 0.29) is 12.5 Å². The number of amides is 1. The second-order valence-electron chi connectivity index (χ2n) is 6.01. The Bertz CT molecular complexity index is 997. The first kappa shape index (κ1) is 18.1. The number of nitrogens with one attached hydrogen (secondary N) is 1. The van der Waals surface area contributed by atoms with Crippen LogP contribution in [0.5, 0.6) is 5.75 Å². The van der Waals surface area contributed by atoms with E-state index in [1.165, 1.54) is 4.68 Å². The van der Waals surface area contributed by atoms with Gasteiger partial charge in [0.2, 0.25) is 0 Å². The molecule has 1 amide bonds. The van der Waals surface area contributed by atoms with E-state index in [0.29, 0.717) is 23.1 Å². The zero-order valence-electron chi connectivity index (χ0n) is 15.2. The van der Waals surface area contributed by atoms with Crippen molar-refractivity contribution in [3.8, 4) is 17.8 Å². The van der Waals surface area contributed by atoms with Gasteiger partial charge in [0.05, 0.1) is 17.3 Å². The van der Waals surface area contributed by atoms with Gasteiger partial charge in [-0.2, -0.15) is 15.0 Å². The maximum atomic E-state index is 12.3. The van der Waals surface area contributed by atoms with Crippen LogP contribution < -0.4 is 10.1 Å². The molecule has 1 N–H and O–H groups in total. The molecule has 2 aromatic heterocycles. The lowest BCUT2D eigenvalue weighted by atomic mass is 10.2. The Labute approximate surface area is 156 Å². The first-order valence-corrected chi connectivity index (χ1v) is 8.27. The minimum atomic E-state index is -0.343. The Kier molecular flexibility index (Phi) is 5.13. The predicted molar refractivity (Wildman–Crippen MR) is 98.6 cm³/mol. The lowest BCUT2D eigenvalue weighted by Crippen LogP contribution is -2.22. The van der Waals surface area contributed by atoms with Crippen LogP contribution >= 0.6 is 0 Å². The number of hydrogen-bond acceptors (Lipinski definition) is 6. The van der Waals surface area contributed by atoms with E-state index in [1.54, 1.807) is 30.3 Å². The van der Waals surface area contributed by atoms with E-state index >= 15 is 0 Å². The Morgan fingerprint density at radius 3 is 2.41 bits per heavy atom. The molecule has 0 atom stereocenters. The summed E-state index contributed by atoms with van der Waals surface area (Å²) in [5.41, 5.74) is 2.87. The van der Waals surface area contributed by atoms with Gasteiger partial charge >= 0.3 is 0 Å². The molecule has 0 radical (unpaired) electrons. The van der Waals surface area contributed by atoms with Crippen LogP contribution in [0.3, 0.4) is 0 Å². The summed E-state index contributed by atoms with van der Waals surface area (Å²) in [6, 6.07) is 12.2. The first-order valence-electron chi connectivity index (χ1n) is 8.27. The van der Waals surface area contributed by atoms with Crippen molar-refractivity contribution >= 4 is 11.7 Å². The Balaban J connectivity index is 1.71. The summed E-state index contributed by atoms with van der Waals surface area (Å²) in [4.78, 5) is 21.0. The Morgan fingerprint density at radius 1 is 1.11 bits per heavy atom. The maximum absolute atomic E-state index is 12.3. The summed E-state index contributed by atoms with van der Waals surface area (Å²) < 4.78 is 6.94. The van der Waals surface area contributed by atoms with Gasteiger partial charge in [-0.15, -0.1) is 0 Å². The molecule has 2 heterocycles. The molecule has 3 rings (SSSR count). The van der Waals surface area contributed by atoms with Gasteiger partial charge in [-0.1, -0.05) is 0 Å². The van der Waals surface area contributed by atoms with Gasteiger partial charge in [-0.25, -0.2) is 9.97 Å². The number of carbonyl (C=O) groups excluding carboxylic acids is 1. The molecule has 1 aromatic carbocycles. The van der Waals surface area contributed by atoms with Crippen LogP contribution in [0.4, 0.5) is 5.82 Å². The maximum Gasteiger partial charge on any atom is 0.263 e. The minimum Gasteiger partial charge on any atom is -0.484 e. The number of anilines is 1. The molecule has 136 valence electrons. The van der Waals surface area contributed by atoms with Gasteiger partial charge < -0.3 is 10.1 Å². The lowest BCUT2D eigenvalue weighted by Gasteiger charge is -2.09. The Hall–Kier alpha value is -3.73. The van der Waals surface area contributed by atoms with Crippen molar-refractivity contribution in [2.45, 2.75) is 20.8 Å². The van der Waals surface area contributed by atoms with Crippen molar-refractivity contribution in [1.82, 2.24) is 19.7 Å². The van der Waals surface area contributed by atoms with E-state index in [0.717, 1.165) is 17.1 Å². The van der Waals surface area contributed by atoms with Crippen molar-refractivity contribution in [3.63, 3.8) is 0 Å². The number of rotatable bonds is 5. The molecule has 0 saturated carbocycles. The Morgan fingerprint density at radius 2 is 1.78 bits per heavy atom. The molecule has 0 aliphatic carbocycles. The molecular weight excluding hydrogens is 344 g/mol. The number of benzene rings is 1. The quantitative estimate of drug-likeness (QED) is 0.747. The molecule has 8 heteroatoms. The third-order valence-electron chi connectivity index (χ3n) is 3.61. The summed E-state index contributed by atoms with van der Waals surface area (Å²) in [6.45, 7) is 5.39. The summed E-state index contributed by atoms with van der Waals surface area (Å²) in [7, 11) is 0. The highest BCUT2D eigenvalue weighted by Gasteiger charge is 2.14. The highest BCUT2D eigenvalue weighted by Crippen LogP contribution is 2.16. The van der Waals surface area contributed by atoms with Crippen LogP contribution in [-0.2, 0) is 4.79 Å². The van der Waals surface area contributed by atoms with Gasteiger partial charge in [0.15, 0.2) is 6.61 Å². The van der Waals surface area contributed by atoms with Crippen LogP contribution in [0.1, 0.15) is 22.6 Å². The lowest BCUT2D eigenvalue weighted by molar-refractivity contribution is -0.118. The zero-order chi connectivity index (χ0) is 19.4. The third kappa shape index (κ3) is 4.46. The van der Waals surface area contributed by atoms with Crippen LogP contribution in [0.2, 0.25) is 0 Å². The minimum absolute atomic E-state index is 0.177. The van der Waals surface area contributed by atoms with Crippen LogP contribution in [0.25, 0.3) is 5.95 Å². The fourth-order valence-corrected chi connectivity index (χ4v) is 2.50. The van der Waals surface area contributed by atoms with Crippen LogP contribution in [0.15, 0.2) is 36.4 Å². The second-order valence-corrected chi connectivity index (χ2v) is 6.01. The first-order chi connectivity index (χ1) is 12.9. The molecule has 3 aromatic rings. The van der Waals surface area contributed by atoms with Gasteiger partial charge in [0, 0.05) is 17.5 Å². The molecule has 27 heavy (non-hydrogen) atoms. The number of ether oxygens (including phenoxy) is 1. The zero-order valence-corrected chi connectivity index (χ0v) is 15.2. The summed E-state index contributed by atoms with van der Waals surface area (Å²) in [5, 5.41) is 15.9. The number of nitrogens with zero attached hydrogens (tertiary/aromatic N) is 5. The predicted octanol–water partition coefficient (Wildman–Crippen LogP) is 2.48. The van der Waals surface area contributed by atoms with Gasteiger partial charge in [0.1, 0.15) is 11.6 Å². The summed E-state index contributed by atoms with van der Waals surface area (Å²) in [5.74, 6) is 1.02. The number of aryl methyl sites for hydroxylation is 3. The molecule has 0 saturated heterocycles. The van der Waals surface area contributed by atoms with E-state index in [2.05, 4.69) is 20.4 Å². The molecule has 0 fully saturated rings. The largest absolute Gasteiger partial charge is 0.484 e. The molecule has 8 nitrogen and oxygen atoms in total. The highest BCUT2D eigenvalue weighted by atomic mass is 16.5. The van der Waals surface area contributed by atoms with E-state index < -0.39 is 0 Å². The molecular formula is C19H18N6O2. The molecule has 0 spiro atoms. The second kappa shape index (κ2) is 7.66. The number of nitriles is 1. The van der Waals surface area contributed by atoms with Gasteiger partial charge in [-0.05, 0) is 51.1 Å². The molecule has 0 aliphatic rings. The SMILES string of the molecule is Cc1cc(C)nc(-n2nc(C)cc2NC(=O)COc2ccc(C#N)cc2)n1. The highest BCUT2D eigenvalue weighted by molar-refractivity contribution is 5.91. The number of hydrogen-bond donors (Lipinski definition) is 1. The van der Waals surface area contributed by atoms with Crippen LogP contribution in [0, 0.1) is 32.1 Å². The van der Waals surface area contributed by atoms with E-state index in [9.17, 15) is 4.79 Å². The van der Waals surface area contributed by atoms with Crippen molar-refractivity contribution in [1.29, 1.82) is 5.26 Å². The van der Waals surface area contributed by atoms with Crippen LogP contribution in [-0.4, -0.2) is 32.3 Å². The smallest absolute Gasteiger partial charge is 0.263 e. The number of carbonyl (C=O) groups is 1. The average Bonchev–Trinajstić information content (AvgIpc) is 3.00. The van der Waals surface area contributed by atoms with Crippen molar-refractivity contribution in [3.05, 3.63) is 59.0 Å². The number of aromatic nitrogens is 4. The molecule has 0 aliphatic heterocycles. The summed E-state index contributed by atoms with van der Waals surface area (Å²) >= 11 is 0. The molecule has 0 bridgehead atoms. The van der Waals surface area contributed by atoms with E-state index in [4.69, 9.17) is 10.00 Å². The standard InChI is InChI=1S/C19H18N6O2/c1-12-8-13(2)22-19(21-12)25-17(9-14(3)24-25)23-18(26)11-27-16-6-4-15(10-20)5-7-16/h4-9H,11H2,1-3H3,(H,23,26). The summed E-state index contributed by atoms with van der Waals surface area (Å²) in [6.07, 6.45) is 0. The fourth-order valence-electron chi connectivity index (χ4n) is 2.50.